The zero-order valence-electron chi connectivity index (χ0n) is 20.2. The van der Waals surface area contributed by atoms with Gasteiger partial charge in [-0.1, -0.05) is 18.2 Å². The number of halogens is 1. The number of hydrogen-bond acceptors (Lipinski definition) is 9. The van der Waals surface area contributed by atoms with Crippen LogP contribution in [0.25, 0.3) is 17.5 Å². The Morgan fingerprint density at radius 1 is 1.08 bits per heavy atom. The minimum absolute atomic E-state index is 0.0124. The normalized spacial score (nSPS) is 11.1. The van der Waals surface area contributed by atoms with Crippen molar-refractivity contribution in [3.8, 4) is 34.8 Å². The summed E-state index contributed by atoms with van der Waals surface area (Å²) in [6.07, 6.45) is 1.50. The van der Waals surface area contributed by atoms with Gasteiger partial charge in [0.2, 0.25) is 5.89 Å². The van der Waals surface area contributed by atoms with Gasteiger partial charge < -0.3 is 23.7 Å². The van der Waals surface area contributed by atoms with Crippen molar-refractivity contribution >= 4 is 39.7 Å². The van der Waals surface area contributed by atoms with Crippen LogP contribution in [0.15, 0.2) is 79.7 Å². The average molecular weight is 594 g/mol. The largest absolute Gasteiger partial charge is 0.497 e. The van der Waals surface area contributed by atoms with Gasteiger partial charge in [0, 0.05) is 11.6 Å². The van der Waals surface area contributed by atoms with Crippen molar-refractivity contribution < 1.29 is 28.5 Å². The predicted octanol–water partition coefficient (Wildman–Crippen LogP) is 6.18. The molecular weight excluding hydrogens is 574 g/mol. The van der Waals surface area contributed by atoms with Crippen LogP contribution in [0.5, 0.6) is 17.2 Å². The van der Waals surface area contributed by atoms with Crippen molar-refractivity contribution in [3.63, 3.8) is 0 Å². The number of aliphatic carboxylic acids is 1. The lowest BCUT2D eigenvalue weighted by Crippen LogP contribution is -1.98. The first kappa shape index (κ1) is 26.8. The van der Waals surface area contributed by atoms with E-state index in [4.69, 9.17) is 23.9 Å². The maximum atomic E-state index is 11.9. The van der Waals surface area contributed by atoms with Crippen molar-refractivity contribution in [2.45, 2.75) is 11.8 Å². The van der Waals surface area contributed by atoms with E-state index in [1.807, 2.05) is 12.1 Å². The fourth-order valence-corrected chi connectivity index (χ4v) is 4.42. The summed E-state index contributed by atoms with van der Waals surface area (Å²) < 4.78 is 22.7. The number of ether oxygens (including phenoxy) is 3. The van der Waals surface area contributed by atoms with Crippen molar-refractivity contribution in [2.75, 3.05) is 14.2 Å². The third-order valence-electron chi connectivity index (χ3n) is 5.14. The highest BCUT2D eigenvalue weighted by atomic mass is 79.9. The molecule has 38 heavy (non-hydrogen) atoms. The van der Waals surface area contributed by atoms with Gasteiger partial charge >= 0.3 is 5.97 Å². The van der Waals surface area contributed by atoms with Gasteiger partial charge in [-0.05, 0) is 81.3 Å². The molecule has 192 valence electrons. The summed E-state index contributed by atoms with van der Waals surface area (Å²) in [6.45, 7) is 0.314. The van der Waals surface area contributed by atoms with Crippen LogP contribution >= 0.6 is 27.7 Å². The molecule has 4 aromatic rings. The summed E-state index contributed by atoms with van der Waals surface area (Å²) in [7, 11) is 3.06. The molecule has 1 aromatic heterocycles. The monoisotopic (exact) mass is 593 g/mol. The molecule has 0 aliphatic heterocycles. The first-order valence-corrected chi connectivity index (χ1v) is 12.6. The van der Waals surface area contributed by atoms with Gasteiger partial charge in [0.05, 0.1) is 30.3 Å². The van der Waals surface area contributed by atoms with Crippen molar-refractivity contribution in [1.82, 2.24) is 10.2 Å². The molecule has 0 saturated heterocycles. The molecule has 0 saturated carbocycles. The maximum absolute atomic E-state index is 11.9. The average Bonchev–Trinajstić information content (AvgIpc) is 3.41. The number of nitriles is 1. The van der Waals surface area contributed by atoms with Crippen molar-refractivity contribution in [3.05, 3.63) is 86.7 Å². The number of rotatable bonds is 10. The molecule has 1 N–H and O–H groups in total. The number of carboxylic acid groups (broad SMARTS) is 1. The molecular formula is C27H20BrN3O6S. The molecule has 11 heteroatoms. The summed E-state index contributed by atoms with van der Waals surface area (Å²) >= 11 is 4.31. The summed E-state index contributed by atoms with van der Waals surface area (Å²) in [5.74, 6) is 0.739. The molecule has 0 atom stereocenters. The fraction of sp³-hybridized carbons (Fsp3) is 0.111. The Labute approximate surface area is 230 Å². The summed E-state index contributed by atoms with van der Waals surface area (Å²) in [5, 5.41) is 26.7. The van der Waals surface area contributed by atoms with Crippen LogP contribution in [0, 0.1) is 11.3 Å². The van der Waals surface area contributed by atoms with E-state index in [1.165, 1.54) is 20.3 Å². The van der Waals surface area contributed by atoms with Gasteiger partial charge in [-0.3, -0.25) is 0 Å². The van der Waals surface area contributed by atoms with E-state index in [9.17, 15) is 9.90 Å². The Morgan fingerprint density at radius 2 is 1.79 bits per heavy atom. The van der Waals surface area contributed by atoms with Crippen molar-refractivity contribution in [2.24, 2.45) is 0 Å². The highest BCUT2D eigenvalue weighted by Gasteiger charge is 2.17. The van der Waals surface area contributed by atoms with E-state index < -0.39 is 5.97 Å². The molecule has 0 aliphatic carbocycles. The Balaban J connectivity index is 1.48. The minimum Gasteiger partial charge on any atom is -0.497 e. The van der Waals surface area contributed by atoms with Gasteiger partial charge in [-0.2, -0.15) is 5.26 Å². The number of methoxy groups -OCH3 is 2. The second-order valence-corrected chi connectivity index (χ2v) is 9.53. The lowest BCUT2D eigenvalue weighted by atomic mass is 10.1. The van der Waals surface area contributed by atoms with Gasteiger partial charge in [0.25, 0.3) is 5.22 Å². The molecule has 0 spiro atoms. The molecule has 1 heterocycles. The predicted molar refractivity (Wildman–Crippen MR) is 144 cm³/mol. The Kier molecular flexibility index (Phi) is 8.68. The zero-order valence-corrected chi connectivity index (χ0v) is 22.6. The standard InChI is InChI=1S/C27H20BrN3O6S/c1-34-20-11-19(12-21(13-20)35-2)25-30-31-27(37-25)38-24(26(32)33)10-18-7-8-23(22(28)9-18)36-15-17-5-3-16(14-29)4-6-17/h3-13H,15H2,1-2H3,(H,32,33)/b24-10-. The Morgan fingerprint density at radius 3 is 2.39 bits per heavy atom. The number of aromatic nitrogens is 2. The molecule has 0 radical (unpaired) electrons. The molecule has 4 rings (SSSR count). The van der Waals surface area contributed by atoms with Crippen LogP contribution < -0.4 is 14.2 Å². The maximum Gasteiger partial charge on any atom is 0.342 e. The smallest absolute Gasteiger partial charge is 0.342 e. The third-order valence-corrected chi connectivity index (χ3v) is 6.62. The SMILES string of the molecule is COc1cc(OC)cc(-c2nnc(S/C(=C\c3ccc(OCc4ccc(C#N)cc4)c(Br)c3)C(=O)O)o2)c1. The van der Waals surface area contributed by atoms with Gasteiger partial charge in [0.1, 0.15) is 28.8 Å². The number of carbonyl (C=O) groups is 1. The van der Waals surface area contributed by atoms with Crippen LogP contribution in [0.2, 0.25) is 0 Å². The fourth-order valence-electron chi connectivity index (χ4n) is 3.24. The van der Waals surface area contributed by atoms with E-state index in [2.05, 4.69) is 32.2 Å². The minimum atomic E-state index is -1.14. The lowest BCUT2D eigenvalue weighted by molar-refractivity contribution is -0.131. The number of thioether (sulfide) groups is 1. The quantitative estimate of drug-likeness (QED) is 0.168. The van der Waals surface area contributed by atoms with E-state index in [1.54, 1.807) is 48.5 Å². The summed E-state index contributed by atoms with van der Waals surface area (Å²) in [4.78, 5) is 11.9. The van der Waals surface area contributed by atoms with Crippen LogP contribution in [-0.2, 0) is 11.4 Å². The first-order valence-electron chi connectivity index (χ1n) is 11.0. The van der Waals surface area contributed by atoms with Gasteiger partial charge in [-0.15, -0.1) is 10.2 Å². The van der Waals surface area contributed by atoms with E-state index in [0.717, 1.165) is 17.3 Å². The van der Waals surface area contributed by atoms with Gasteiger partial charge in [-0.25, -0.2) is 4.79 Å². The Bertz CT molecular complexity index is 1510. The summed E-state index contributed by atoms with van der Waals surface area (Å²) in [6, 6.07) is 19.6. The molecule has 0 amide bonds. The molecule has 3 aromatic carbocycles. The second-order valence-electron chi connectivity index (χ2n) is 7.68. The number of carboxylic acids is 1. The van der Waals surface area contributed by atoms with E-state index in [-0.39, 0.29) is 16.0 Å². The van der Waals surface area contributed by atoms with Gasteiger partial charge in [0.15, 0.2) is 0 Å². The Hall–Kier alpha value is -4.27. The van der Waals surface area contributed by atoms with Crippen LogP contribution in [-0.4, -0.2) is 35.5 Å². The van der Waals surface area contributed by atoms with Crippen molar-refractivity contribution in [1.29, 1.82) is 5.26 Å². The van der Waals surface area contributed by atoms with E-state index >= 15 is 0 Å². The van der Waals surface area contributed by atoms with E-state index in [0.29, 0.717) is 45.0 Å². The second kappa shape index (κ2) is 12.3. The molecule has 0 aliphatic rings. The lowest BCUT2D eigenvalue weighted by Gasteiger charge is -2.09. The molecule has 0 bridgehead atoms. The van der Waals surface area contributed by atoms with Crippen LogP contribution in [0.3, 0.4) is 0 Å². The number of nitrogens with zero attached hydrogens (tertiary/aromatic N) is 3. The third kappa shape index (κ3) is 6.73. The first-order chi connectivity index (χ1) is 18.4. The van der Waals surface area contributed by atoms with Crippen LogP contribution in [0.4, 0.5) is 0 Å². The topological polar surface area (TPSA) is 128 Å². The highest BCUT2D eigenvalue weighted by molar-refractivity contribution is 9.10. The highest BCUT2D eigenvalue weighted by Crippen LogP contribution is 2.34. The van der Waals surface area contributed by atoms with Crippen LogP contribution in [0.1, 0.15) is 16.7 Å². The number of hydrogen-bond donors (Lipinski definition) is 1. The summed E-state index contributed by atoms with van der Waals surface area (Å²) in [5.41, 5.74) is 2.69. The number of benzene rings is 3. The molecule has 0 fully saturated rings. The molecule has 0 unspecified atom stereocenters. The zero-order chi connectivity index (χ0) is 27.1. The molecule has 9 nitrogen and oxygen atoms in total.